The van der Waals surface area contributed by atoms with Gasteiger partial charge in [0.25, 0.3) is 0 Å². The normalized spacial score (nSPS) is 19.2. The van der Waals surface area contributed by atoms with Gasteiger partial charge in [-0.2, -0.15) is 0 Å². The van der Waals surface area contributed by atoms with E-state index >= 15 is 0 Å². The van der Waals surface area contributed by atoms with E-state index in [0.29, 0.717) is 18.5 Å². The predicted octanol–water partition coefficient (Wildman–Crippen LogP) is 3.07. The van der Waals surface area contributed by atoms with Gasteiger partial charge in [-0.25, -0.2) is 9.78 Å². The summed E-state index contributed by atoms with van der Waals surface area (Å²) in [4.78, 5) is 19.3. The average Bonchev–Trinajstić information content (AvgIpc) is 3.40. The maximum Gasteiger partial charge on any atom is 0.315 e. The molecule has 2 amide bonds. The highest BCUT2D eigenvalue weighted by Crippen LogP contribution is 2.41. The fourth-order valence-corrected chi connectivity index (χ4v) is 4.02. The molecule has 0 bridgehead atoms. The molecule has 2 aliphatic carbocycles. The molecule has 1 heterocycles. The molecule has 1 aromatic rings. The molecule has 6 heteroatoms. The van der Waals surface area contributed by atoms with E-state index < -0.39 is 0 Å². The van der Waals surface area contributed by atoms with Crippen LogP contribution in [0, 0.1) is 12.8 Å². The molecule has 1 aromatic heterocycles. The first-order valence-electron chi connectivity index (χ1n) is 8.76. The number of carbonyl (C=O) groups is 1. The Kier molecular flexibility index (Phi) is 5.21. The third-order valence-corrected chi connectivity index (χ3v) is 5.66. The summed E-state index contributed by atoms with van der Waals surface area (Å²) in [7, 11) is 0. The van der Waals surface area contributed by atoms with Crippen molar-refractivity contribution >= 4 is 17.4 Å². The number of thiazole rings is 1. The van der Waals surface area contributed by atoms with Crippen molar-refractivity contribution in [3.63, 3.8) is 0 Å². The smallest absolute Gasteiger partial charge is 0.315 e. The SMILES string of the molecule is Cc1csc([C@@H](NC(=O)NCCN(C(C)C)C2CC2)C2CC2)n1. The van der Waals surface area contributed by atoms with Crippen LogP contribution < -0.4 is 10.6 Å². The van der Waals surface area contributed by atoms with Crippen LogP contribution in [-0.4, -0.2) is 41.1 Å². The fraction of sp³-hybridized carbons (Fsp3) is 0.765. The van der Waals surface area contributed by atoms with Crippen LogP contribution in [-0.2, 0) is 0 Å². The molecule has 128 valence electrons. The molecule has 2 N–H and O–H groups in total. The van der Waals surface area contributed by atoms with Crippen LogP contribution in [0.4, 0.5) is 4.79 Å². The zero-order valence-corrected chi connectivity index (χ0v) is 15.2. The molecule has 3 rings (SSSR count). The van der Waals surface area contributed by atoms with Gasteiger partial charge in [0.2, 0.25) is 0 Å². The molecule has 0 aliphatic heterocycles. The Morgan fingerprint density at radius 1 is 1.39 bits per heavy atom. The van der Waals surface area contributed by atoms with Gasteiger partial charge in [-0.1, -0.05) is 0 Å². The summed E-state index contributed by atoms with van der Waals surface area (Å²) in [5.41, 5.74) is 1.04. The Bertz CT molecular complexity index is 534. The summed E-state index contributed by atoms with van der Waals surface area (Å²) < 4.78 is 0. The van der Waals surface area contributed by atoms with Gasteiger partial charge in [0, 0.05) is 36.2 Å². The van der Waals surface area contributed by atoms with Gasteiger partial charge in [-0.15, -0.1) is 11.3 Å². The first-order valence-corrected chi connectivity index (χ1v) is 9.64. The van der Waals surface area contributed by atoms with Crippen LogP contribution >= 0.6 is 11.3 Å². The van der Waals surface area contributed by atoms with E-state index in [1.54, 1.807) is 11.3 Å². The molecule has 0 spiro atoms. The lowest BCUT2D eigenvalue weighted by atomic mass is 10.2. The van der Waals surface area contributed by atoms with Crippen molar-refractivity contribution in [3.8, 4) is 0 Å². The monoisotopic (exact) mass is 336 g/mol. The molecule has 0 radical (unpaired) electrons. The van der Waals surface area contributed by atoms with Crippen molar-refractivity contribution in [2.75, 3.05) is 13.1 Å². The topological polar surface area (TPSA) is 57.3 Å². The molecular formula is C17H28N4OS. The van der Waals surface area contributed by atoms with Crippen molar-refractivity contribution in [1.29, 1.82) is 0 Å². The van der Waals surface area contributed by atoms with Crippen LogP contribution in [0.2, 0.25) is 0 Å². The fourth-order valence-electron chi connectivity index (χ4n) is 3.09. The lowest BCUT2D eigenvalue weighted by Crippen LogP contribution is -2.44. The van der Waals surface area contributed by atoms with Crippen molar-refractivity contribution in [3.05, 3.63) is 16.1 Å². The molecular weight excluding hydrogens is 308 g/mol. The molecule has 2 fully saturated rings. The second-order valence-corrected chi connectivity index (χ2v) is 7.99. The third kappa shape index (κ3) is 4.67. The van der Waals surface area contributed by atoms with Gasteiger partial charge in [-0.3, -0.25) is 4.90 Å². The highest BCUT2D eigenvalue weighted by Gasteiger charge is 2.35. The van der Waals surface area contributed by atoms with E-state index in [4.69, 9.17) is 0 Å². The van der Waals surface area contributed by atoms with Gasteiger partial charge in [-0.05, 0) is 52.4 Å². The standard InChI is InChI=1S/C17H28N4OS/c1-11(2)21(14-6-7-14)9-8-18-17(22)20-15(13-4-5-13)16-19-12(3)10-23-16/h10-11,13-15H,4-9H2,1-3H3,(H2,18,20,22)/t15-/m0/s1. The van der Waals surface area contributed by atoms with Crippen molar-refractivity contribution in [1.82, 2.24) is 20.5 Å². The minimum atomic E-state index is -0.0609. The number of aromatic nitrogens is 1. The average molecular weight is 337 g/mol. The predicted molar refractivity (Wildman–Crippen MR) is 93.7 cm³/mol. The van der Waals surface area contributed by atoms with E-state index in [0.717, 1.165) is 23.3 Å². The maximum absolute atomic E-state index is 12.2. The van der Waals surface area contributed by atoms with Crippen LogP contribution in [0.5, 0.6) is 0 Å². The molecule has 0 unspecified atom stereocenters. The number of aryl methyl sites for hydroxylation is 1. The Balaban J connectivity index is 1.46. The van der Waals surface area contributed by atoms with Crippen molar-refractivity contribution in [2.45, 2.75) is 64.6 Å². The zero-order valence-electron chi connectivity index (χ0n) is 14.3. The first kappa shape index (κ1) is 16.7. The Morgan fingerprint density at radius 3 is 2.65 bits per heavy atom. The Labute approximate surface area is 142 Å². The van der Waals surface area contributed by atoms with Gasteiger partial charge < -0.3 is 10.6 Å². The van der Waals surface area contributed by atoms with Gasteiger partial charge in [0.15, 0.2) is 0 Å². The van der Waals surface area contributed by atoms with Crippen LogP contribution in [0.25, 0.3) is 0 Å². The summed E-state index contributed by atoms with van der Waals surface area (Å²) in [5.74, 6) is 0.560. The molecule has 0 aromatic carbocycles. The Morgan fingerprint density at radius 2 is 2.13 bits per heavy atom. The number of hydrogen-bond donors (Lipinski definition) is 2. The number of rotatable bonds is 8. The minimum absolute atomic E-state index is 0.0609. The molecule has 5 nitrogen and oxygen atoms in total. The quantitative estimate of drug-likeness (QED) is 0.767. The summed E-state index contributed by atoms with van der Waals surface area (Å²) in [5, 5.41) is 9.26. The van der Waals surface area contributed by atoms with Gasteiger partial charge >= 0.3 is 6.03 Å². The molecule has 2 aliphatic rings. The summed E-state index contributed by atoms with van der Waals surface area (Å²) in [6.07, 6.45) is 4.98. The second kappa shape index (κ2) is 7.18. The molecule has 0 saturated heterocycles. The molecule has 23 heavy (non-hydrogen) atoms. The number of amides is 2. The summed E-state index contributed by atoms with van der Waals surface area (Å²) >= 11 is 1.65. The number of hydrogen-bond acceptors (Lipinski definition) is 4. The van der Waals surface area contributed by atoms with E-state index in [2.05, 4.69) is 39.7 Å². The number of carbonyl (C=O) groups excluding carboxylic acids is 1. The first-order chi connectivity index (χ1) is 11.0. The lowest BCUT2D eigenvalue weighted by Gasteiger charge is -2.26. The highest BCUT2D eigenvalue weighted by molar-refractivity contribution is 7.09. The van der Waals surface area contributed by atoms with E-state index in [-0.39, 0.29) is 12.1 Å². The maximum atomic E-state index is 12.2. The Hall–Kier alpha value is -1.14. The molecule has 1 atom stereocenters. The van der Waals surface area contributed by atoms with E-state index in [1.165, 1.54) is 25.7 Å². The third-order valence-electron chi connectivity index (χ3n) is 4.62. The van der Waals surface area contributed by atoms with Crippen molar-refractivity contribution < 1.29 is 4.79 Å². The molecule has 2 saturated carbocycles. The highest BCUT2D eigenvalue weighted by atomic mass is 32.1. The minimum Gasteiger partial charge on any atom is -0.337 e. The number of nitrogens with one attached hydrogen (secondary N) is 2. The van der Waals surface area contributed by atoms with Gasteiger partial charge in [0.1, 0.15) is 5.01 Å². The van der Waals surface area contributed by atoms with Crippen LogP contribution in [0.15, 0.2) is 5.38 Å². The zero-order chi connectivity index (χ0) is 16.4. The number of urea groups is 1. The second-order valence-electron chi connectivity index (χ2n) is 7.11. The summed E-state index contributed by atoms with van der Waals surface area (Å²) in [6, 6.07) is 1.30. The van der Waals surface area contributed by atoms with Gasteiger partial charge in [0.05, 0.1) is 6.04 Å². The van der Waals surface area contributed by atoms with E-state index in [9.17, 15) is 4.79 Å². The van der Waals surface area contributed by atoms with E-state index in [1.807, 2.05) is 6.92 Å². The number of nitrogens with zero attached hydrogens (tertiary/aromatic N) is 2. The summed E-state index contributed by atoms with van der Waals surface area (Å²) in [6.45, 7) is 8.09. The van der Waals surface area contributed by atoms with Crippen LogP contribution in [0.1, 0.15) is 56.3 Å². The van der Waals surface area contributed by atoms with Crippen molar-refractivity contribution in [2.24, 2.45) is 5.92 Å². The van der Waals surface area contributed by atoms with Crippen LogP contribution in [0.3, 0.4) is 0 Å². The largest absolute Gasteiger partial charge is 0.337 e. The lowest BCUT2D eigenvalue weighted by molar-refractivity contribution is 0.206.